The first-order valence-electron chi connectivity index (χ1n) is 5.94. The maximum atomic E-state index is 11.8. The highest BCUT2D eigenvalue weighted by Crippen LogP contribution is 2.28. The molecule has 1 aliphatic heterocycles. The number of hydrogen-bond acceptors (Lipinski definition) is 3. The molecule has 17 heavy (non-hydrogen) atoms. The Morgan fingerprint density at radius 3 is 2.82 bits per heavy atom. The van der Waals surface area contributed by atoms with Gasteiger partial charge < -0.3 is 9.84 Å². The fourth-order valence-corrected chi connectivity index (χ4v) is 1.60. The molecule has 0 radical (unpaired) electrons. The lowest BCUT2D eigenvalue weighted by molar-refractivity contribution is -0.124. The quantitative estimate of drug-likeness (QED) is 0.746. The van der Waals surface area contributed by atoms with Gasteiger partial charge in [-0.2, -0.15) is 0 Å². The molecule has 3 heteroatoms. The number of rotatable bonds is 5. The minimum absolute atomic E-state index is 0.0747. The molecule has 0 aromatic carbocycles. The first-order valence-corrected chi connectivity index (χ1v) is 5.94. The predicted molar refractivity (Wildman–Crippen MR) is 67.4 cm³/mol. The lowest BCUT2D eigenvalue weighted by atomic mass is 10.0. The van der Waals surface area contributed by atoms with E-state index in [1.807, 2.05) is 25.2 Å². The standard InChI is InChI=1S/C14H20O3/c1-4-5-6-7-8-14(3)13(16)10-12(17-14)9-11(2)15/h5-8,10-11,15H,4,9H2,1-3H3/t11-,14-/m0/s1. The van der Waals surface area contributed by atoms with Crippen LogP contribution in [0.4, 0.5) is 0 Å². The van der Waals surface area contributed by atoms with E-state index in [1.54, 1.807) is 19.9 Å². The molecule has 0 amide bonds. The lowest BCUT2D eigenvalue weighted by Crippen LogP contribution is -2.29. The Bertz CT molecular complexity index is 364. The smallest absolute Gasteiger partial charge is 0.206 e. The zero-order chi connectivity index (χ0) is 12.9. The van der Waals surface area contributed by atoms with Gasteiger partial charge in [0, 0.05) is 12.5 Å². The molecule has 1 rings (SSSR count). The summed E-state index contributed by atoms with van der Waals surface area (Å²) >= 11 is 0. The van der Waals surface area contributed by atoms with Crippen molar-refractivity contribution in [3.8, 4) is 0 Å². The summed E-state index contributed by atoms with van der Waals surface area (Å²) in [5, 5.41) is 9.25. The summed E-state index contributed by atoms with van der Waals surface area (Å²) in [5.74, 6) is 0.478. The van der Waals surface area contributed by atoms with Crippen molar-refractivity contribution in [2.24, 2.45) is 0 Å². The van der Waals surface area contributed by atoms with Crippen LogP contribution < -0.4 is 0 Å². The van der Waals surface area contributed by atoms with Gasteiger partial charge in [0.2, 0.25) is 5.78 Å². The molecular weight excluding hydrogens is 216 g/mol. The summed E-state index contributed by atoms with van der Waals surface area (Å²) in [7, 11) is 0. The molecule has 2 atom stereocenters. The highest BCUT2D eigenvalue weighted by molar-refractivity contribution is 6.00. The highest BCUT2D eigenvalue weighted by Gasteiger charge is 2.37. The molecule has 1 heterocycles. The molecule has 1 N–H and O–H groups in total. The van der Waals surface area contributed by atoms with Crippen LogP contribution >= 0.6 is 0 Å². The van der Waals surface area contributed by atoms with Crippen molar-refractivity contribution in [3.63, 3.8) is 0 Å². The van der Waals surface area contributed by atoms with E-state index in [0.717, 1.165) is 6.42 Å². The summed E-state index contributed by atoms with van der Waals surface area (Å²) < 4.78 is 5.58. The Hall–Kier alpha value is -1.35. The lowest BCUT2D eigenvalue weighted by Gasteiger charge is -2.20. The minimum Gasteiger partial charge on any atom is -0.479 e. The van der Waals surface area contributed by atoms with Gasteiger partial charge in [-0.05, 0) is 26.3 Å². The molecule has 0 fully saturated rings. The van der Waals surface area contributed by atoms with Crippen LogP contribution in [0, 0.1) is 0 Å². The number of carbonyl (C=O) groups is 1. The van der Waals surface area contributed by atoms with Crippen molar-refractivity contribution in [1.82, 2.24) is 0 Å². The number of aliphatic hydroxyl groups excluding tert-OH is 1. The van der Waals surface area contributed by atoms with Crippen molar-refractivity contribution >= 4 is 5.78 Å². The largest absolute Gasteiger partial charge is 0.479 e. The molecule has 3 nitrogen and oxygen atoms in total. The van der Waals surface area contributed by atoms with E-state index in [2.05, 4.69) is 0 Å². The minimum atomic E-state index is -0.914. The number of aliphatic hydroxyl groups is 1. The molecule has 0 saturated carbocycles. The number of hydrogen-bond donors (Lipinski definition) is 1. The molecule has 0 aliphatic carbocycles. The van der Waals surface area contributed by atoms with Gasteiger partial charge in [0.05, 0.1) is 6.10 Å². The molecule has 0 saturated heterocycles. The summed E-state index contributed by atoms with van der Waals surface area (Å²) in [5.41, 5.74) is -0.914. The molecule has 0 spiro atoms. The van der Waals surface area contributed by atoms with Gasteiger partial charge in [0.1, 0.15) is 5.76 Å². The van der Waals surface area contributed by atoms with E-state index in [1.165, 1.54) is 6.08 Å². The number of carbonyl (C=O) groups excluding carboxylic acids is 1. The van der Waals surface area contributed by atoms with Crippen LogP contribution in [-0.4, -0.2) is 22.6 Å². The van der Waals surface area contributed by atoms with Crippen LogP contribution in [0.25, 0.3) is 0 Å². The fourth-order valence-electron chi connectivity index (χ4n) is 1.60. The second kappa shape index (κ2) is 5.82. The number of ketones is 1. The van der Waals surface area contributed by atoms with Crippen LogP contribution in [0.15, 0.2) is 36.1 Å². The third-order valence-corrected chi connectivity index (χ3v) is 2.52. The summed E-state index contributed by atoms with van der Waals surface area (Å²) in [6.07, 6.45) is 9.77. The fraction of sp³-hybridized carbons (Fsp3) is 0.500. The van der Waals surface area contributed by atoms with E-state index < -0.39 is 11.7 Å². The molecule has 1 aliphatic rings. The second-order valence-corrected chi connectivity index (χ2v) is 4.43. The Balaban J connectivity index is 2.66. The normalized spacial score (nSPS) is 26.6. The molecule has 94 valence electrons. The van der Waals surface area contributed by atoms with Crippen molar-refractivity contribution in [1.29, 1.82) is 0 Å². The summed E-state index contributed by atoms with van der Waals surface area (Å²) in [4.78, 5) is 11.8. The first-order chi connectivity index (χ1) is 7.98. The van der Waals surface area contributed by atoms with Crippen LogP contribution in [0.3, 0.4) is 0 Å². The van der Waals surface area contributed by atoms with Gasteiger partial charge >= 0.3 is 0 Å². The third kappa shape index (κ3) is 3.86. The average Bonchev–Trinajstić information content (AvgIpc) is 2.49. The van der Waals surface area contributed by atoms with Gasteiger partial charge in [-0.25, -0.2) is 0 Å². The maximum absolute atomic E-state index is 11.8. The summed E-state index contributed by atoms with van der Waals surface area (Å²) in [6, 6.07) is 0. The topological polar surface area (TPSA) is 46.5 Å². The molecule has 0 aromatic rings. The van der Waals surface area contributed by atoms with Crippen LogP contribution in [-0.2, 0) is 9.53 Å². The summed E-state index contributed by atoms with van der Waals surface area (Å²) in [6.45, 7) is 5.45. The van der Waals surface area contributed by atoms with Gasteiger partial charge in [-0.1, -0.05) is 25.2 Å². The van der Waals surface area contributed by atoms with Crippen LogP contribution in [0.1, 0.15) is 33.6 Å². The van der Waals surface area contributed by atoms with Crippen LogP contribution in [0.5, 0.6) is 0 Å². The Morgan fingerprint density at radius 2 is 2.24 bits per heavy atom. The zero-order valence-electron chi connectivity index (χ0n) is 10.6. The second-order valence-electron chi connectivity index (χ2n) is 4.43. The van der Waals surface area contributed by atoms with Crippen molar-refractivity contribution in [2.45, 2.75) is 45.3 Å². The predicted octanol–water partition coefficient (Wildman–Crippen LogP) is 2.52. The van der Waals surface area contributed by atoms with E-state index in [4.69, 9.17) is 4.74 Å². The average molecular weight is 236 g/mol. The molecule has 0 unspecified atom stereocenters. The van der Waals surface area contributed by atoms with E-state index in [-0.39, 0.29) is 5.78 Å². The molecular formula is C14H20O3. The van der Waals surface area contributed by atoms with Crippen molar-refractivity contribution in [3.05, 3.63) is 36.1 Å². The Labute approximate surface area is 102 Å². The third-order valence-electron chi connectivity index (χ3n) is 2.52. The van der Waals surface area contributed by atoms with Gasteiger partial charge in [-0.15, -0.1) is 0 Å². The van der Waals surface area contributed by atoms with Gasteiger partial charge in [0.25, 0.3) is 0 Å². The Kier molecular flexibility index (Phi) is 4.70. The molecule has 0 aromatic heterocycles. The van der Waals surface area contributed by atoms with E-state index >= 15 is 0 Å². The van der Waals surface area contributed by atoms with Gasteiger partial charge in [0.15, 0.2) is 5.60 Å². The Morgan fingerprint density at radius 1 is 1.53 bits per heavy atom. The zero-order valence-corrected chi connectivity index (χ0v) is 10.6. The van der Waals surface area contributed by atoms with Crippen molar-refractivity contribution in [2.75, 3.05) is 0 Å². The maximum Gasteiger partial charge on any atom is 0.206 e. The van der Waals surface area contributed by atoms with E-state index in [0.29, 0.717) is 12.2 Å². The first kappa shape index (κ1) is 13.7. The number of ether oxygens (including phenoxy) is 1. The van der Waals surface area contributed by atoms with Gasteiger partial charge in [-0.3, -0.25) is 4.79 Å². The molecule has 0 bridgehead atoms. The van der Waals surface area contributed by atoms with Crippen molar-refractivity contribution < 1.29 is 14.6 Å². The van der Waals surface area contributed by atoms with E-state index in [9.17, 15) is 9.90 Å². The highest BCUT2D eigenvalue weighted by atomic mass is 16.5. The monoisotopic (exact) mass is 236 g/mol. The number of allylic oxidation sites excluding steroid dienone is 3. The SMILES string of the molecule is CCC=CC=C[C@]1(C)OC(C[C@H](C)O)=CC1=O. The van der Waals surface area contributed by atoms with Crippen LogP contribution in [0.2, 0.25) is 0 Å².